The van der Waals surface area contributed by atoms with Gasteiger partial charge in [-0.3, -0.25) is 9.48 Å². The largest absolute Gasteiger partial charge is 0.331 e. The number of fused-ring (bicyclic) bond motifs is 1. The Morgan fingerprint density at radius 1 is 1.25 bits per heavy atom. The normalized spacial score (nSPS) is 18.5. The molecule has 1 fully saturated rings. The molecule has 6 nitrogen and oxygen atoms in total. The van der Waals surface area contributed by atoms with Crippen LogP contribution in [0.2, 0.25) is 0 Å². The molecule has 0 bridgehead atoms. The molecule has 2 aromatic heterocycles. The average molecular weight is 418 g/mol. The van der Waals surface area contributed by atoms with E-state index in [1.165, 1.54) is 11.3 Å². The van der Waals surface area contributed by atoms with Crippen molar-refractivity contribution in [2.75, 3.05) is 18.1 Å². The van der Waals surface area contributed by atoms with E-state index in [1.807, 2.05) is 49.7 Å². The summed E-state index contributed by atoms with van der Waals surface area (Å²) in [6.45, 7) is 6.46. The van der Waals surface area contributed by atoms with Gasteiger partial charge in [0.1, 0.15) is 4.83 Å². The number of aryl methyl sites for hydroxylation is 1. The Kier molecular flexibility index (Phi) is 4.58. The van der Waals surface area contributed by atoms with Crippen LogP contribution in [0.25, 0.3) is 10.2 Å². The van der Waals surface area contributed by atoms with Gasteiger partial charge in [0.25, 0.3) is 5.91 Å². The number of carbonyl (C=O) groups excluding carboxylic acids is 1. The smallest absolute Gasteiger partial charge is 0.264 e. The molecule has 1 amide bonds. The summed E-state index contributed by atoms with van der Waals surface area (Å²) in [6.07, 6.45) is 0. The molecule has 1 aromatic carbocycles. The Morgan fingerprint density at radius 3 is 2.64 bits per heavy atom. The van der Waals surface area contributed by atoms with Gasteiger partial charge in [0.2, 0.25) is 0 Å². The Labute approximate surface area is 168 Å². The van der Waals surface area contributed by atoms with Crippen molar-refractivity contribution in [3.8, 4) is 0 Å². The quantitative estimate of drug-likeness (QED) is 0.656. The fourth-order valence-corrected chi connectivity index (χ4v) is 6.76. The molecule has 148 valence electrons. The van der Waals surface area contributed by atoms with Crippen LogP contribution < -0.4 is 0 Å². The molecule has 3 aromatic rings. The van der Waals surface area contributed by atoms with E-state index in [0.717, 1.165) is 21.5 Å². The molecular weight excluding hydrogens is 394 g/mol. The minimum Gasteiger partial charge on any atom is -0.331 e. The summed E-state index contributed by atoms with van der Waals surface area (Å²) in [7, 11) is -3.11. The van der Waals surface area contributed by atoms with Crippen molar-refractivity contribution in [1.82, 2.24) is 14.7 Å². The molecule has 0 aliphatic carbocycles. The number of hydrogen-bond acceptors (Lipinski definition) is 5. The lowest BCUT2D eigenvalue weighted by Crippen LogP contribution is -2.57. The lowest BCUT2D eigenvalue weighted by Gasteiger charge is -2.41. The fourth-order valence-electron chi connectivity index (χ4n) is 3.81. The van der Waals surface area contributed by atoms with Crippen LogP contribution in [0.3, 0.4) is 0 Å². The highest BCUT2D eigenvalue weighted by Crippen LogP contribution is 2.32. The Morgan fingerprint density at radius 2 is 1.96 bits per heavy atom. The van der Waals surface area contributed by atoms with Gasteiger partial charge in [0.05, 0.1) is 34.2 Å². The molecule has 0 radical (unpaired) electrons. The first-order valence-electron chi connectivity index (χ1n) is 9.20. The molecule has 1 aliphatic heterocycles. The van der Waals surface area contributed by atoms with Crippen molar-refractivity contribution in [3.05, 3.63) is 52.5 Å². The van der Waals surface area contributed by atoms with E-state index in [2.05, 4.69) is 17.2 Å². The summed E-state index contributed by atoms with van der Waals surface area (Å²) in [4.78, 5) is 16.5. The van der Waals surface area contributed by atoms with E-state index < -0.39 is 15.4 Å². The molecule has 0 saturated carbocycles. The van der Waals surface area contributed by atoms with Gasteiger partial charge in [-0.05, 0) is 32.4 Å². The van der Waals surface area contributed by atoms with Crippen molar-refractivity contribution in [1.29, 1.82) is 0 Å². The van der Waals surface area contributed by atoms with Crippen molar-refractivity contribution in [2.45, 2.75) is 32.9 Å². The molecule has 0 spiro atoms. The first-order chi connectivity index (χ1) is 13.2. The van der Waals surface area contributed by atoms with E-state index in [4.69, 9.17) is 0 Å². The van der Waals surface area contributed by atoms with E-state index in [0.29, 0.717) is 11.4 Å². The van der Waals surface area contributed by atoms with Crippen molar-refractivity contribution < 1.29 is 13.2 Å². The molecule has 0 unspecified atom stereocenters. The zero-order valence-electron chi connectivity index (χ0n) is 16.2. The number of aromatic nitrogens is 2. The summed E-state index contributed by atoms with van der Waals surface area (Å²) >= 11 is 1.43. The van der Waals surface area contributed by atoms with Crippen LogP contribution in [-0.2, 0) is 16.4 Å². The van der Waals surface area contributed by atoms with Crippen LogP contribution in [0.4, 0.5) is 0 Å². The van der Waals surface area contributed by atoms with Gasteiger partial charge in [-0.2, -0.15) is 5.10 Å². The van der Waals surface area contributed by atoms with Crippen molar-refractivity contribution >= 4 is 37.3 Å². The lowest BCUT2D eigenvalue weighted by atomic mass is 10.1. The molecule has 28 heavy (non-hydrogen) atoms. The van der Waals surface area contributed by atoms with Gasteiger partial charge in [0.15, 0.2) is 9.84 Å². The maximum atomic E-state index is 13.2. The fraction of sp³-hybridized carbons (Fsp3) is 0.400. The van der Waals surface area contributed by atoms with Crippen molar-refractivity contribution in [2.24, 2.45) is 0 Å². The van der Waals surface area contributed by atoms with Gasteiger partial charge in [0, 0.05) is 11.9 Å². The minimum atomic E-state index is -3.11. The second-order valence-electron chi connectivity index (χ2n) is 7.92. The summed E-state index contributed by atoms with van der Waals surface area (Å²) in [5.41, 5.74) is 1.33. The third-order valence-electron chi connectivity index (χ3n) is 5.17. The first-order valence-corrected chi connectivity index (χ1v) is 11.8. The van der Waals surface area contributed by atoms with Gasteiger partial charge in [-0.15, -0.1) is 11.3 Å². The molecular formula is C20H23N3O3S2. The molecule has 4 rings (SSSR count). The predicted octanol–water partition coefficient (Wildman–Crippen LogP) is 3.10. The molecule has 1 aliphatic rings. The van der Waals surface area contributed by atoms with E-state index in [-0.39, 0.29) is 24.0 Å². The van der Waals surface area contributed by atoms with E-state index >= 15 is 0 Å². The number of amides is 1. The lowest BCUT2D eigenvalue weighted by molar-refractivity contribution is 0.0596. The van der Waals surface area contributed by atoms with Crippen LogP contribution in [0.1, 0.15) is 34.8 Å². The topological polar surface area (TPSA) is 72.3 Å². The summed E-state index contributed by atoms with van der Waals surface area (Å²) in [6, 6.07) is 12.0. The van der Waals surface area contributed by atoms with Crippen LogP contribution >= 0.6 is 11.3 Å². The van der Waals surface area contributed by atoms with E-state index in [1.54, 1.807) is 4.90 Å². The monoisotopic (exact) mass is 417 g/mol. The number of benzene rings is 1. The predicted molar refractivity (Wildman–Crippen MR) is 112 cm³/mol. The van der Waals surface area contributed by atoms with Crippen LogP contribution in [0.15, 0.2) is 36.4 Å². The number of nitrogens with zero attached hydrogens (tertiary/aromatic N) is 3. The Bertz CT molecular complexity index is 1140. The molecule has 8 heteroatoms. The van der Waals surface area contributed by atoms with Gasteiger partial charge >= 0.3 is 0 Å². The van der Waals surface area contributed by atoms with Crippen LogP contribution in [0.5, 0.6) is 0 Å². The van der Waals surface area contributed by atoms with Crippen molar-refractivity contribution in [3.63, 3.8) is 0 Å². The highest BCUT2D eigenvalue weighted by Gasteiger charge is 2.40. The SMILES string of the molecule is Cc1nn(Cc2ccccc2)c2sc(C(=O)N3CCS(=O)(=O)CC3(C)C)cc12. The summed E-state index contributed by atoms with van der Waals surface area (Å²) in [5, 5.41) is 5.61. The first kappa shape index (κ1) is 19.1. The highest BCUT2D eigenvalue weighted by atomic mass is 32.2. The minimum absolute atomic E-state index is 0.00253. The number of carbonyl (C=O) groups is 1. The molecule has 0 N–H and O–H groups in total. The zero-order valence-corrected chi connectivity index (χ0v) is 17.8. The maximum Gasteiger partial charge on any atom is 0.264 e. The number of thiophene rings is 1. The molecule has 0 atom stereocenters. The maximum absolute atomic E-state index is 13.2. The van der Waals surface area contributed by atoms with Gasteiger partial charge in [-0.25, -0.2) is 8.42 Å². The standard InChI is InChI=1S/C20H23N3O3S2/c1-14-16-11-17(18(24)22-9-10-28(25,26)13-20(22,2)3)27-19(16)23(21-14)12-15-7-5-4-6-8-15/h4-8,11H,9-10,12-13H2,1-3H3. The van der Waals surface area contributed by atoms with Gasteiger partial charge in [-0.1, -0.05) is 30.3 Å². The highest BCUT2D eigenvalue weighted by molar-refractivity contribution is 7.91. The number of sulfone groups is 1. The van der Waals surface area contributed by atoms with Crippen LogP contribution in [0, 0.1) is 6.92 Å². The number of hydrogen-bond donors (Lipinski definition) is 0. The summed E-state index contributed by atoms with van der Waals surface area (Å²) in [5.74, 6) is -0.0857. The Balaban J connectivity index is 1.66. The second kappa shape index (κ2) is 6.70. The molecule has 1 saturated heterocycles. The number of rotatable bonds is 3. The third kappa shape index (κ3) is 3.46. The second-order valence-corrected chi connectivity index (χ2v) is 11.1. The third-order valence-corrected chi connectivity index (χ3v) is 8.26. The van der Waals surface area contributed by atoms with E-state index in [9.17, 15) is 13.2 Å². The van der Waals surface area contributed by atoms with Gasteiger partial charge < -0.3 is 4.90 Å². The average Bonchev–Trinajstić information content (AvgIpc) is 3.15. The zero-order chi connectivity index (χ0) is 20.1. The van der Waals surface area contributed by atoms with Crippen LogP contribution in [-0.4, -0.2) is 52.6 Å². The molecule has 3 heterocycles. The summed E-state index contributed by atoms with van der Waals surface area (Å²) < 4.78 is 25.9. The Hall–Kier alpha value is -2.19.